The molecule has 0 atom stereocenters. The van der Waals surface area contributed by atoms with Crippen LogP contribution in [0.3, 0.4) is 0 Å². The average Bonchev–Trinajstić information content (AvgIpc) is 2.91. The van der Waals surface area contributed by atoms with Gasteiger partial charge < -0.3 is 0 Å². The van der Waals surface area contributed by atoms with Gasteiger partial charge in [0, 0.05) is 11.1 Å². The van der Waals surface area contributed by atoms with Gasteiger partial charge in [-0.1, -0.05) is 80.0 Å². The zero-order valence-electron chi connectivity index (χ0n) is 20.3. The maximum absolute atomic E-state index is 13.7. The first-order valence-corrected chi connectivity index (χ1v) is 12.7. The minimum absolute atomic E-state index is 0.0351. The summed E-state index contributed by atoms with van der Waals surface area (Å²) in [4.78, 5) is 0. The van der Waals surface area contributed by atoms with E-state index >= 15 is 0 Å². The monoisotopic (exact) mass is 461 g/mol. The Morgan fingerprint density at radius 1 is 0.800 bits per heavy atom. The number of benzene rings is 3. The van der Waals surface area contributed by atoms with Crippen molar-refractivity contribution in [3.8, 4) is 29.0 Å². The van der Waals surface area contributed by atoms with Gasteiger partial charge in [-0.2, -0.15) is 5.26 Å². The van der Waals surface area contributed by atoms with Gasteiger partial charge in [0.05, 0.1) is 5.56 Å². The van der Waals surface area contributed by atoms with Gasteiger partial charge in [-0.05, 0) is 84.5 Å². The van der Waals surface area contributed by atoms with E-state index in [0.717, 1.165) is 35.8 Å². The first-order valence-electron chi connectivity index (χ1n) is 12.7. The molecule has 0 radical (unpaired) electrons. The third kappa shape index (κ3) is 6.94. The van der Waals surface area contributed by atoms with Gasteiger partial charge in [0.15, 0.2) is 0 Å². The topological polar surface area (TPSA) is 23.8 Å². The van der Waals surface area contributed by atoms with Gasteiger partial charge in [-0.15, -0.1) is 6.58 Å². The van der Waals surface area contributed by atoms with Crippen molar-refractivity contribution in [2.24, 2.45) is 11.8 Å². The van der Waals surface area contributed by atoms with Crippen molar-refractivity contribution >= 4 is 0 Å². The summed E-state index contributed by atoms with van der Waals surface area (Å²) in [6.45, 7) is 3.85. The molecule has 1 aliphatic rings. The molecule has 3 aromatic carbocycles. The minimum Gasteiger partial charge on any atom is -0.206 e. The molecule has 1 nitrogen and oxygen atoms in total. The molecule has 0 unspecified atom stereocenters. The van der Waals surface area contributed by atoms with Crippen LogP contribution in [-0.2, 0) is 6.42 Å². The summed E-state index contributed by atoms with van der Waals surface area (Å²) < 4.78 is 13.7. The Bertz CT molecular complexity index is 1230. The molecule has 176 valence electrons. The van der Waals surface area contributed by atoms with Crippen LogP contribution in [0.15, 0.2) is 79.4 Å². The van der Waals surface area contributed by atoms with Gasteiger partial charge in [0.25, 0.3) is 0 Å². The lowest BCUT2D eigenvalue weighted by atomic mass is 9.78. The van der Waals surface area contributed by atoms with Crippen LogP contribution in [0.2, 0.25) is 0 Å². The highest BCUT2D eigenvalue weighted by Crippen LogP contribution is 2.34. The van der Waals surface area contributed by atoms with Crippen molar-refractivity contribution in [2.45, 2.75) is 51.4 Å². The van der Waals surface area contributed by atoms with Gasteiger partial charge in [0.2, 0.25) is 0 Å². The second kappa shape index (κ2) is 12.2. The molecule has 0 aromatic heterocycles. The quantitative estimate of drug-likeness (QED) is 0.256. The molecule has 1 fully saturated rings. The first-order chi connectivity index (χ1) is 17.1. The molecule has 4 rings (SSSR count). The molecule has 2 heteroatoms. The van der Waals surface area contributed by atoms with E-state index in [0.29, 0.717) is 5.56 Å². The van der Waals surface area contributed by atoms with Crippen LogP contribution in [-0.4, -0.2) is 0 Å². The standard InChI is InChI=1S/C33H32FN/c1-2-3-4-25-5-7-26(8-6-25)9-10-27-13-18-30(19-14-27)31-20-15-28(16-21-31)11-12-29-17-22-32(24-35)33(34)23-29/h2,13-23,25-26H,1,3-10H2. The summed E-state index contributed by atoms with van der Waals surface area (Å²) in [6, 6.07) is 23.3. The van der Waals surface area contributed by atoms with Crippen molar-refractivity contribution in [3.63, 3.8) is 0 Å². The second-order valence-electron chi connectivity index (χ2n) is 9.62. The van der Waals surface area contributed by atoms with Crippen molar-refractivity contribution in [2.75, 3.05) is 0 Å². The van der Waals surface area contributed by atoms with Gasteiger partial charge in [-0.3, -0.25) is 0 Å². The number of aryl methyl sites for hydroxylation is 1. The summed E-state index contributed by atoms with van der Waals surface area (Å²) >= 11 is 0. The van der Waals surface area contributed by atoms with E-state index in [1.54, 1.807) is 6.07 Å². The van der Waals surface area contributed by atoms with Crippen LogP contribution in [0.5, 0.6) is 0 Å². The molecule has 0 bridgehead atoms. The smallest absolute Gasteiger partial charge is 0.142 e. The fraction of sp³-hybridized carbons (Fsp3) is 0.303. The Balaban J connectivity index is 1.29. The second-order valence-corrected chi connectivity index (χ2v) is 9.62. The average molecular weight is 462 g/mol. The fourth-order valence-corrected chi connectivity index (χ4v) is 4.97. The number of halogens is 1. The highest BCUT2D eigenvalue weighted by Gasteiger charge is 2.20. The number of hydrogen-bond donors (Lipinski definition) is 0. The molecule has 0 amide bonds. The summed E-state index contributed by atoms with van der Waals surface area (Å²) in [5, 5.41) is 8.83. The lowest BCUT2D eigenvalue weighted by Crippen LogP contribution is -2.15. The van der Waals surface area contributed by atoms with Crippen molar-refractivity contribution in [1.82, 2.24) is 0 Å². The SMILES string of the molecule is C=CCCC1CCC(CCc2ccc(-c3ccc(C#Cc4ccc(C#N)c(F)c4)cc3)cc2)CC1. The highest BCUT2D eigenvalue weighted by atomic mass is 19.1. The predicted octanol–water partition coefficient (Wildman–Crippen LogP) is 8.47. The maximum Gasteiger partial charge on any atom is 0.142 e. The highest BCUT2D eigenvalue weighted by molar-refractivity contribution is 5.64. The van der Waals surface area contributed by atoms with Gasteiger partial charge in [0.1, 0.15) is 11.9 Å². The minimum atomic E-state index is -0.537. The number of nitriles is 1. The van der Waals surface area contributed by atoms with Crippen molar-refractivity contribution in [3.05, 3.63) is 107 Å². The molecule has 35 heavy (non-hydrogen) atoms. The zero-order valence-corrected chi connectivity index (χ0v) is 20.3. The van der Waals surface area contributed by atoms with Crippen LogP contribution in [0.1, 0.15) is 67.2 Å². The molecule has 1 saturated carbocycles. The molecule has 3 aromatic rings. The molecule has 0 N–H and O–H groups in total. The number of allylic oxidation sites excluding steroid dienone is 1. The van der Waals surface area contributed by atoms with E-state index in [9.17, 15) is 4.39 Å². The number of rotatable bonds is 7. The first kappa shape index (κ1) is 24.5. The zero-order chi connectivity index (χ0) is 24.5. The normalized spacial score (nSPS) is 17.1. The Morgan fingerprint density at radius 2 is 1.37 bits per heavy atom. The van der Waals surface area contributed by atoms with Crippen molar-refractivity contribution < 1.29 is 4.39 Å². The number of nitrogens with zero attached hydrogens (tertiary/aromatic N) is 1. The molecule has 0 saturated heterocycles. The van der Waals surface area contributed by atoms with E-state index in [1.165, 1.54) is 61.8 Å². The summed E-state index contributed by atoms with van der Waals surface area (Å²) in [5.41, 5.74) is 5.23. The lowest BCUT2D eigenvalue weighted by molar-refractivity contribution is 0.254. The Kier molecular flexibility index (Phi) is 8.53. The molecule has 0 aliphatic heterocycles. The predicted molar refractivity (Wildman–Crippen MR) is 142 cm³/mol. The molecular weight excluding hydrogens is 429 g/mol. The number of hydrogen-bond acceptors (Lipinski definition) is 1. The molecule has 0 heterocycles. The van der Waals surface area contributed by atoms with Crippen LogP contribution in [0.4, 0.5) is 4.39 Å². The Labute approximate surface area is 209 Å². The summed E-state index contributed by atoms with van der Waals surface area (Å²) in [7, 11) is 0. The Hall–Kier alpha value is -3.62. The van der Waals surface area contributed by atoms with E-state index in [-0.39, 0.29) is 5.56 Å². The lowest BCUT2D eigenvalue weighted by Gasteiger charge is -2.28. The van der Waals surface area contributed by atoms with Crippen LogP contribution < -0.4 is 0 Å². The van der Waals surface area contributed by atoms with Gasteiger partial charge in [-0.25, -0.2) is 4.39 Å². The van der Waals surface area contributed by atoms with Crippen molar-refractivity contribution in [1.29, 1.82) is 5.26 Å². The van der Waals surface area contributed by atoms with E-state index in [4.69, 9.17) is 5.26 Å². The third-order valence-electron chi connectivity index (χ3n) is 7.20. The molecular formula is C33H32FN. The van der Waals surface area contributed by atoms with E-state index in [2.05, 4.69) is 60.9 Å². The fourth-order valence-electron chi connectivity index (χ4n) is 4.97. The van der Waals surface area contributed by atoms with E-state index in [1.807, 2.05) is 18.2 Å². The van der Waals surface area contributed by atoms with Crippen LogP contribution >= 0.6 is 0 Å². The maximum atomic E-state index is 13.7. The summed E-state index contributed by atoms with van der Waals surface area (Å²) in [6.07, 6.45) is 12.5. The molecule has 0 spiro atoms. The van der Waals surface area contributed by atoms with Gasteiger partial charge >= 0.3 is 0 Å². The largest absolute Gasteiger partial charge is 0.206 e. The molecule has 1 aliphatic carbocycles. The Morgan fingerprint density at radius 3 is 1.97 bits per heavy atom. The van der Waals surface area contributed by atoms with Crippen LogP contribution in [0.25, 0.3) is 11.1 Å². The summed E-state index contributed by atoms with van der Waals surface area (Å²) in [5.74, 6) is 7.30. The third-order valence-corrected chi connectivity index (χ3v) is 7.20. The van der Waals surface area contributed by atoms with E-state index < -0.39 is 5.82 Å². The van der Waals surface area contributed by atoms with Crippen LogP contribution in [0, 0.1) is 40.8 Å².